The number of nitrogens with zero attached hydrogens (tertiary/aromatic N) is 1. The van der Waals surface area contributed by atoms with Gasteiger partial charge >= 0.3 is 0 Å². The lowest BCUT2D eigenvalue weighted by Crippen LogP contribution is -2.32. The number of fused-ring (bicyclic) bond motifs is 5. The van der Waals surface area contributed by atoms with E-state index >= 15 is 0 Å². The summed E-state index contributed by atoms with van der Waals surface area (Å²) in [5, 5.41) is 0. The SMILES string of the molecule is Cc1oc(C)c(C(=O)N2C[C@@H]3[C@@H](C2)[C@H]2CC[C@H]3O2)c1C. The van der Waals surface area contributed by atoms with Gasteiger partial charge in [0, 0.05) is 30.5 Å². The normalized spacial score (nSPS) is 34.9. The molecular formula is C16H21NO3. The minimum absolute atomic E-state index is 0.144. The molecule has 0 unspecified atom stereocenters. The van der Waals surface area contributed by atoms with E-state index in [9.17, 15) is 4.79 Å². The Morgan fingerprint density at radius 3 is 2.15 bits per heavy atom. The topological polar surface area (TPSA) is 42.7 Å². The number of carbonyl (C=O) groups is 1. The molecule has 108 valence electrons. The summed E-state index contributed by atoms with van der Waals surface area (Å²) >= 11 is 0. The first-order valence-corrected chi connectivity index (χ1v) is 7.57. The quantitative estimate of drug-likeness (QED) is 0.790. The Morgan fingerprint density at radius 2 is 1.65 bits per heavy atom. The second-order valence-corrected chi connectivity index (χ2v) is 6.54. The number of hydrogen-bond acceptors (Lipinski definition) is 3. The molecule has 3 saturated heterocycles. The van der Waals surface area contributed by atoms with Crippen LogP contribution in [-0.4, -0.2) is 36.1 Å². The largest absolute Gasteiger partial charge is 0.466 e. The molecule has 4 heterocycles. The van der Waals surface area contributed by atoms with Crippen molar-refractivity contribution in [1.29, 1.82) is 0 Å². The lowest BCUT2D eigenvalue weighted by atomic mass is 9.82. The van der Waals surface area contributed by atoms with Crippen molar-refractivity contribution in [2.75, 3.05) is 13.1 Å². The smallest absolute Gasteiger partial charge is 0.257 e. The summed E-state index contributed by atoms with van der Waals surface area (Å²) in [6, 6.07) is 0. The second-order valence-electron chi connectivity index (χ2n) is 6.54. The van der Waals surface area contributed by atoms with Crippen molar-refractivity contribution in [2.45, 2.75) is 45.8 Å². The summed E-state index contributed by atoms with van der Waals surface area (Å²) < 4.78 is 11.6. The maximum absolute atomic E-state index is 12.8. The first-order valence-electron chi connectivity index (χ1n) is 7.57. The van der Waals surface area contributed by atoms with Gasteiger partial charge in [0.25, 0.3) is 5.91 Å². The summed E-state index contributed by atoms with van der Waals surface area (Å²) in [6.07, 6.45) is 3.15. The lowest BCUT2D eigenvalue weighted by Gasteiger charge is -2.19. The molecule has 20 heavy (non-hydrogen) atoms. The molecule has 0 saturated carbocycles. The highest BCUT2D eigenvalue weighted by molar-refractivity contribution is 5.97. The molecule has 3 aliphatic heterocycles. The van der Waals surface area contributed by atoms with Gasteiger partial charge in [0.05, 0.1) is 17.8 Å². The summed E-state index contributed by atoms with van der Waals surface area (Å²) in [5.74, 6) is 2.87. The van der Waals surface area contributed by atoms with Gasteiger partial charge in [-0.3, -0.25) is 4.79 Å². The molecule has 0 spiro atoms. The Bertz CT molecular complexity index is 559. The van der Waals surface area contributed by atoms with Gasteiger partial charge in [-0.2, -0.15) is 0 Å². The number of aryl methyl sites for hydroxylation is 2. The Balaban J connectivity index is 1.59. The van der Waals surface area contributed by atoms with Crippen LogP contribution in [-0.2, 0) is 4.74 Å². The summed E-state index contributed by atoms with van der Waals surface area (Å²) in [7, 11) is 0. The van der Waals surface area contributed by atoms with Crippen LogP contribution in [0.5, 0.6) is 0 Å². The number of furan rings is 1. The molecule has 0 aromatic carbocycles. The van der Waals surface area contributed by atoms with E-state index in [2.05, 4.69) is 0 Å². The van der Waals surface area contributed by atoms with Gasteiger partial charge < -0.3 is 14.1 Å². The van der Waals surface area contributed by atoms with Crippen molar-refractivity contribution in [3.05, 3.63) is 22.6 Å². The number of carbonyl (C=O) groups excluding carboxylic acids is 1. The van der Waals surface area contributed by atoms with Gasteiger partial charge in [-0.25, -0.2) is 0 Å². The minimum Gasteiger partial charge on any atom is -0.466 e. The van der Waals surface area contributed by atoms with Gasteiger partial charge in [-0.05, 0) is 33.6 Å². The van der Waals surface area contributed by atoms with Gasteiger partial charge in [-0.15, -0.1) is 0 Å². The number of hydrogen-bond donors (Lipinski definition) is 0. The fourth-order valence-electron chi connectivity index (χ4n) is 4.39. The fourth-order valence-corrected chi connectivity index (χ4v) is 4.39. The van der Waals surface area contributed by atoms with Crippen LogP contribution in [0.3, 0.4) is 0 Å². The molecule has 1 amide bonds. The van der Waals surface area contributed by atoms with Crippen LogP contribution < -0.4 is 0 Å². The predicted octanol–water partition coefficient (Wildman–Crippen LogP) is 2.45. The molecule has 4 rings (SSSR count). The molecular weight excluding hydrogens is 254 g/mol. The van der Waals surface area contributed by atoms with Crippen LogP contribution in [0.2, 0.25) is 0 Å². The van der Waals surface area contributed by atoms with Crippen molar-refractivity contribution in [3.8, 4) is 0 Å². The molecule has 4 heteroatoms. The molecule has 4 atom stereocenters. The van der Waals surface area contributed by atoms with E-state index in [-0.39, 0.29) is 5.91 Å². The zero-order chi connectivity index (χ0) is 14.0. The van der Waals surface area contributed by atoms with E-state index in [0.29, 0.717) is 24.0 Å². The van der Waals surface area contributed by atoms with Crippen molar-refractivity contribution >= 4 is 5.91 Å². The van der Waals surface area contributed by atoms with Gasteiger partial charge in [-0.1, -0.05) is 0 Å². The monoisotopic (exact) mass is 275 g/mol. The van der Waals surface area contributed by atoms with Gasteiger partial charge in [0.2, 0.25) is 0 Å². The highest BCUT2D eigenvalue weighted by Gasteiger charge is 2.54. The van der Waals surface area contributed by atoms with Crippen molar-refractivity contribution in [3.63, 3.8) is 0 Å². The van der Waals surface area contributed by atoms with Crippen LogP contribution in [0, 0.1) is 32.6 Å². The number of likely N-dealkylation sites (tertiary alicyclic amines) is 1. The zero-order valence-electron chi connectivity index (χ0n) is 12.3. The molecule has 3 fully saturated rings. The molecule has 1 aromatic heterocycles. The fraction of sp³-hybridized carbons (Fsp3) is 0.688. The average Bonchev–Trinajstić information content (AvgIpc) is 3.13. The summed E-state index contributed by atoms with van der Waals surface area (Å²) in [5.41, 5.74) is 1.76. The molecule has 4 nitrogen and oxygen atoms in total. The molecule has 2 bridgehead atoms. The maximum Gasteiger partial charge on any atom is 0.257 e. The average molecular weight is 275 g/mol. The van der Waals surface area contributed by atoms with E-state index in [1.54, 1.807) is 0 Å². The van der Waals surface area contributed by atoms with E-state index in [0.717, 1.165) is 35.7 Å². The van der Waals surface area contributed by atoms with Crippen molar-refractivity contribution in [1.82, 2.24) is 4.90 Å². The van der Waals surface area contributed by atoms with Crippen LogP contribution in [0.4, 0.5) is 0 Å². The van der Waals surface area contributed by atoms with E-state index in [1.807, 2.05) is 25.7 Å². The second kappa shape index (κ2) is 4.10. The lowest BCUT2D eigenvalue weighted by molar-refractivity contribution is 0.0593. The molecule has 0 N–H and O–H groups in total. The molecule has 0 aliphatic carbocycles. The van der Waals surface area contributed by atoms with Crippen molar-refractivity contribution in [2.24, 2.45) is 11.8 Å². The Kier molecular flexibility index (Phi) is 2.56. The highest BCUT2D eigenvalue weighted by atomic mass is 16.5. The first kappa shape index (κ1) is 12.5. The Hall–Kier alpha value is -1.29. The third kappa shape index (κ3) is 1.54. The number of rotatable bonds is 1. The number of amides is 1. The highest BCUT2D eigenvalue weighted by Crippen LogP contribution is 2.47. The first-order chi connectivity index (χ1) is 9.56. The van der Waals surface area contributed by atoms with E-state index < -0.39 is 0 Å². The predicted molar refractivity (Wildman–Crippen MR) is 73.7 cm³/mol. The van der Waals surface area contributed by atoms with Crippen LogP contribution >= 0.6 is 0 Å². The van der Waals surface area contributed by atoms with Crippen molar-refractivity contribution < 1.29 is 13.9 Å². The van der Waals surface area contributed by atoms with Gasteiger partial charge in [0.1, 0.15) is 11.5 Å². The zero-order valence-corrected chi connectivity index (χ0v) is 12.3. The van der Waals surface area contributed by atoms with Gasteiger partial charge in [0.15, 0.2) is 0 Å². The van der Waals surface area contributed by atoms with E-state index in [4.69, 9.17) is 9.15 Å². The Labute approximate surface area is 119 Å². The summed E-state index contributed by atoms with van der Waals surface area (Å²) in [4.78, 5) is 14.8. The van der Waals surface area contributed by atoms with Crippen LogP contribution in [0.15, 0.2) is 4.42 Å². The van der Waals surface area contributed by atoms with E-state index in [1.165, 1.54) is 12.8 Å². The van der Waals surface area contributed by atoms with Crippen LogP contribution in [0.1, 0.15) is 40.3 Å². The molecule has 0 radical (unpaired) electrons. The molecule has 1 aromatic rings. The maximum atomic E-state index is 12.8. The molecule has 3 aliphatic rings. The standard InChI is InChI=1S/C16H21NO3/c1-8-9(2)19-10(3)15(8)16(18)17-6-11-12(7-17)14-5-4-13(11)20-14/h11-14H,4-7H2,1-3H3/t11-,12-,13-,14-/m1/s1. The summed E-state index contributed by atoms with van der Waals surface area (Å²) in [6.45, 7) is 7.49. The Morgan fingerprint density at radius 1 is 1.05 bits per heavy atom. The third-order valence-corrected chi connectivity index (χ3v) is 5.52. The van der Waals surface area contributed by atoms with Crippen LogP contribution in [0.25, 0.3) is 0 Å². The minimum atomic E-state index is 0.144. The third-order valence-electron chi connectivity index (χ3n) is 5.52. The number of ether oxygens (including phenoxy) is 1.